The van der Waals surface area contributed by atoms with E-state index in [-0.39, 0.29) is 48.1 Å². The zero-order valence-corrected chi connectivity index (χ0v) is 23.2. The molecule has 2 amide bonds. The number of halogens is 1. The highest BCUT2D eigenvalue weighted by Crippen LogP contribution is 2.32. The van der Waals surface area contributed by atoms with Crippen molar-refractivity contribution in [3.05, 3.63) is 75.5 Å². The van der Waals surface area contributed by atoms with Gasteiger partial charge in [0, 0.05) is 18.8 Å². The van der Waals surface area contributed by atoms with Crippen molar-refractivity contribution in [3.63, 3.8) is 0 Å². The standard InChI is InChI=1S/C30H31FN6O5/c1-16-3-4-21(31)25(11-16)42-15-18(38)14-33-22-5-8-32-28(39)26(22)27-34-23-12-19-20(13-24(23)35-27)30(41)37(29(19)40)17-6-9-36(2)10-7-17/h3-5,8,11-13,17-18,38H,6-7,9-10,14-15H2,1-2H3,(H,34,35)(H2,32,33,39). The summed E-state index contributed by atoms with van der Waals surface area (Å²) in [6.07, 6.45) is 1.92. The molecule has 2 aliphatic rings. The van der Waals surface area contributed by atoms with Gasteiger partial charge in [-0.2, -0.15) is 0 Å². The number of hydrogen-bond donors (Lipinski definition) is 4. The number of nitrogens with one attached hydrogen (secondary N) is 3. The van der Waals surface area contributed by atoms with Crippen LogP contribution in [0.25, 0.3) is 22.4 Å². The first kappa shape index (κ1) is 27.6. The number of imidazole rings is 1. The Hall–Kier alpha value is -4.55. The molecule has 42 heavy (non-hydrogen) atoms. The molecule has 4 heterocycles. The first-order chi connectivity index (χ1) is 20.2. The highest BCUT2D eigenvalue weighted by Gasteiger charge is 2.41. The monoisotopic (exact) mass is 574 g/mol. The highest BCUT2D eigenvalue weighted by molar-refractivity contribution is 6.23. The minimum atomic E-state index is -1.01. The van der Waals surface area contributed by atoms with Crippen molar-refractivity contribution < 1.29 is 23.8 Å². The van der Waals surface area contributed by atoms with E-state index in [0.717, 1.165) is 31.5 Å². The summed E-state index contributed by atoms with van der Waals surface area (Å²) >= 11 is 0. The second-order valence-corrected chi connectivity index (χ2v) is 10.9. The number of aryl methyl sites for hydroxylation is 1. The van der Waals surface area contributed by atoms with E-state index in [1.807, 2.05) is 14.0 Å². The van der Waals surface area contributed by atoms with Crippen LogP contribution >= 0.6 is 0 Å². The third kappa shape index (κ3) is 5.14. The predicted molar refractivity (Wildman–Crippen MR) is 154 cm³/mol. The number of carbonyl (C=O) groups is 2. The van der Waals surface area contributed by atoms with Crippen LogP contribution in [0.15, 0.2) is 47.4 Å². The maximum Gasteiger partial charge on any atom is 0.261 e. The van der Waals surface area contributed by atoms with Crippen molar-refractivity contribution in [2.45, 2.75) is 31.9 Å². The van der Waals surface area contributed by atoms with Crippen LogP contribution < -0.4 is 15.6 Å². The van der Waals surface area contributed by atoms with Crippen molar-refractivity contribution in [3.8, 4) is 17.1 Å². The lowest BCUT2D eigenvalue weighted by atomic mass is 10.0. The quantitative estimate of drug-likeness (QED) is 0.235. The van der Waals surface area contributed by atoms with Crippen molar-refractivity contribution in [1.82, 2.24) is 24.8 Å². The highest BCUT2D eigenvalue weighted by atomic mass is 19.1. The molecule has 12 heteroatoms. The van der Waals surface area contributed by atoms with Gasteiger partial charge in [-0.1, -0.05) is 6.07 Å². The maximum absolute atomic E-state index is 14.0. The Labute approximate surface area is 240 Å². The second kappa shape index (κ2) is 11.0. The van der Waals surface area contributed by atoms with Gasteiger partial charge in [0.2, 0.25) is 0 Å². The Balaban J connectivity index is 1.21. The lowest BCUT2D eigenvalue weighted by molar-refractivity contribution is 0.0516. The number of anilines is 1. The lowest BCUT2D eigenvalue weighted by Gasteiger charge is -2.33. The summed E-state index contributed by atoms with van der Waals surface area (Å²) in [7, 11) is 2.02. The van der Waals surface area contributed by atoms with E-state index in [2.05, 4.69) is 25.2 Å². The minimum absolute atomic E-state index is 0.00814. The summed E-state index contributed by atoms with van der Waals surface area (Å²) in [4.78, 5) is 53.3. The van der Waals surface area contributed by atoms with Crippen LogP contribution in [0.4, 0.5) is 10.1 Å². The number of imide groups is 1. The molecule has 0 spiro atoms. The molecule has 4 aromatic rings. The average Bonchev–Trinajstić information content (AvgIpc) is 3.49. The molecular formula is C30H31FN6O5. The number of piperidine rings is 1. The van der Waals surface area contributed by atoms with Gasteiger partial charge in [-0.05, 0) is 75.8 Å². The zero-order chi connectivity index (χ0) is 29.5. The van der Waals surface area contributed by atoms with Crippen molar-refractivity contribution in [1.29, 1.82) is 0 Å². The number of aliphatic hydroxyl groups excluding tert-OH is 1. The number of rotatable bonds is 8. The van der Waals surface area contributed by atoms with E-state index in [9.17, 15) is 23.9 Å². The normalized spacial score (nSPS) is 16.7. The fourth-order valence-electron chi connectivity index (χ4n) is 5.52. The topological polar surface area (TPSA) is 144 Å². The van der Waals surface area contributed by atoms with E-state index in [4.69, 9.17) is 4.74 Å². The van der Waals surface area contributed by atoms with Crippen LogP contribution in [0, 0.1) is 12.7 Å². The van der Waals surface area contributed by atoms with Gasteiger partial charge in [-0.15, -0.1) is 0 Å². The van der Waals surface area contributed by atoms with Crippen LogP contribution in [0.2, 0.25) is 0 Å². The smallest absolute Gasteiger partial charge is 0.261 e. The van der Waals surface area contributed by atoms with Crippen LogP contribution in [0.5, 0.6) is 5.75 Å². The van der Waals surface area contributed by atoms with Crippen molar-refractivity contribution in [2.75, 3.05) is 38.6 Å². The van der Waals surface area contributed by atoms with E-state index >= 15 is 0 Å². The van der Waals surface area contributed by atoms with Gasteiger partial charge < -0.3 is 30.0 Å². The molecule has 0 aliphatic carbocycles. The summed E-state index contributed by atoms with van der Waals surface area (Å²) in [6.45, 7) is 3.29. The van der Waals surface area contributed by atoms with Gasteiger partial charge in [-0.3, -0.25) is 19.3 Å². The fourth-order valence-corrected chi connectivity index (χ4v) is 5.52. The summed E-state index contributed by atoms with van der Waals surface area (Å²) in [5.74, 6) is -0.877. The van der Waals surface area contributed by atoms with Gasteiger partial charge >= 0.3 is 0 Å². The molecule has 2 aliphatic heterocycles. The number of aliphatic hydroxyl groups is 1. The van der Waals surface area contributed by atoms with E-state index in [1.165, 1.54) is 17.2 Å². The number of ether oxygens (including phenoxy) is 1. The number of nitrogens with zero attached hydrogens (tertiary/aromatic N) is 3. The van der Waals surface area contributed by atoms with Gasteiger partial charge in [0.25, 0.3) is 17.4 Å². The molecule has 2 aromatic carbocycles. The molecule has 0 saturated carbocycles. The Morgan fingerprint density at radius 3 is 2.62 bits per heavy atom. The average molecular weight is 575 g/mol. The summed E-state index contributed by atoms with van der Waals surface area (Å²) in [6, 6.07) is 9.18. The van der Waals surface area contributed by atoms with Crippen LogP contribution in [-0.2, 0) is 0 Å². The number of benzene rings is 2. The predicted octanol–water partition coefficient (Wildman–Crippen LogP) is 2.91. The molecule has 4 N–H and O–H groups in total. The third-order valence-electron chi connectivity index (χ3n) is 7.82. The number of H-pyrrole nitrogens is 2. The van der Waals surface area contributed by atoms with E-state index in [1.54, 1.807) is 30.3 Å². The van der Waals surface area contributed by atoms with Gasteiger partial charge in [0.05, 0.1) is 27.8 Å². The zero-order valence-electron chi connectivity index (χ0n) is 23.2. The molecule has 0 radical (unpaired) electrons. The summed E-state index contributed by atoms with van der Waals surface area (Å²) in [5.41, 5.74) is 2.55. The molecule has 218 valence electrons. The maximum atomic E-state index is 14.0. The Morgan fingerprint density at radius 1 is 1.12 bits per heavy atom. The first-order valence-corrected chi connectivity index (χ1v) is 13.8. The number of aromatic nitrogens is 3. The number of amides is 2. The SMILES string of the molecule is Cc1ccc(F)c(OCC(O)CNc2cc[nH]c(=O)c2-c2nc3cc4c(cc3[nH]2)C(=O)N(C2CCN(C)CC2)C4=O)c1. The lowest BCUT2D eigenvalue weighted by Crippen LogP contribution is -2.46. The van der Waals surface area contributed by atoms with Gasteiger partial charge in [-0.25, -0.2) is 9.37 Å². The minimum Gasteiger partial charge on any atom is -0.488 e. The van der Waals surface area contributed by atoms with Crippen LogP contribution in [0.1, 0.15) is 39.1 Å². The van der Waals surface area contributed by atoms with Crippen LogP contribution in [-0.4, -0.2) is 87.1 Å². The van der Waals surface area contributed by atoms with E-state index in [0.29, 0.717) is 27.8 Å². The molecular weight excluding hydrogens is 543 g/mol. The molecule has 6 rings (SSSR count). The van der Waals surface area contributed by atoms with Crippen molar-refractivity contribution in [2.24, 2.45) is 0 Å². The van der Waals surface area contributed by atoms with Crippen LogP contribution in [0.3, 0.4) is 0 Å². The molecule has 0 bridgehead atoms. The summed E-state index contributed by atoms with van der Waals surface area (Å²) in [5, 5.41) is 13.5. The number of likely N-dealkylation sites (tertiary alicyclic amines) is 1. The summed E-state index contributed by atoms with van der Waals surface area (Å²) < 4.78 is 19.4. The Kier molecular flexibility index (Phi) is 7.25. The second-order valence-electron chi connectivity index (χ2n) is 10.9. The van der Waals surface area contributed by atoms with Gasteiger partial charge in [0.1, 0.15) is 24.1 Å². The Morgan fingerprint density at radius 2 is 1.86 bits per heavy atom. The number of pyridine rings is 1. The van der Waals surface area contributed by atoms with E-state index < -0.39 is 17.5 Å². The number of aromatic amines is 2. The number of hydrogen-bond acceptors (Lipinski definition) is 8. The number of fused-ring (bicyclic) bond motifs is 2. The van der Waals surface area contributed by atoms with Gasteiger partial charge in [0.15, 0.2) is 11.6 Å². The third-order valence-corrected chi connectivity index (χ3v) is 7.82. The fraction of sp³-hybridized carbons (Fsp3) is 0.333. The molecule has 1 fully saturated rings. The molecule has 1 saturated heterocycles. The number of carbonyl (C=O) groups excluding carboxylic acids is 2. The molecule has 1 unspecified atom stereocenters. The molecule has 11 nitrogen and oxygen atoms in total. The molecule has 2 aromatic heterocycles. The Bertz CT molecular complexity index is 1690. The first-order valence-electron chi connectivity index (χ1n) is 13.8. The molecule has 1 atom stereocenters. The van der Waals surface area contributed by atoms with Crippen molar-refractivity contribution >= 4 is 28.5 Å². The largest absolute Gasteiger partial charge is 0.488 e.